The molecule has 2 aromatic carbocycles. The molecule has 34 heavy (non-hydrogen) atoms. The molecule has 0 amide bonds. The summed E-state index contributed by atoms with van der Waals surface area (Å²) in [4.78, 5) is 29.7. The van der Waals surface area contributed by atoms with Gasteiger partial charge in [-0.05, 0) is 25.0 Å². The van der Waals surface area contributed by atoms with Gasteiger partial charge in [-0.1, -0.05) is 61.7 Å². The number of aromatic carboxylic acids is 1. The monoisotopic (exact) mass is 473 g/mol. The second kappa shape index (κ2) is 9.56. The molecule has 1 aliphatic carbocycles. The molecule has 1 fully saturated rings. The summed E-state index contributed by atoms with van der Waals surface area (Å²) in [6, 6.07) is 16.2. The molecule has 0 aliphatic heterocycles. The van der Waals surface area contributed by atoms with Gasteiger partial charge in [0.1, 0.15) is 5.69 Å². The highest BCUT2D eigenvalue weighted by Crippen LogP contribution is 2.36. The van der Waals surface area contributed by atoms with E-state index in [9.17, 15) is 14.7 Å². The summed E-state index contributed by atoms with van der Waals surface area (Å²) in [6.07, 6.45) is 5.28. The van der Waals surface area contributed by atoms with Crippen molar-refractivity contribution >= 4 is 28.7 Å². The van der Waals surface area contributed by atoms with Crippen LogP contribution in [0, 0.1) is 0 Å². The SMILES string of the molecule is O=C(O)c1ccccc1N=Nc1c(C2CCCCC2)[nH]n(-c2nc(-c3ccccc3)cs2)c1=O. The van der Waals surface area contributed by atoms with Gasteiger partial charge >= 0.3 is 11.5 Å². The van der Waals surface area contributed by atoms with Gasteiger partial charge in [0.25, 0.3) is 0 Å². The van der Waals surface area contributed by atoms with Gasteiger partial charge in [-0.25, -0.2) is 9.78 Å². The van der Waals surface area contributed by atoms with E-state index in [-0.39, 0.29) is 28.4 Å². The third kappa shape index (κ3) is 4.34. The van der Waals surface area contributed by atoms with E-state index in [0.29, 0.717) is 5.13 Å². The number of hydrogen-bond donors (Lipinski definition) is 2. The topological polar surface area (TPSA) is 113 Å². The molecule has 0 unspecified atom stereocenters. The lowest BCUT2D eigenvalue weighted by Gasteiger charge is -2.20. The average Bonchev–Trinajstić information content (AvgIpc) is 3.49. The van der Waals surface area contributed by atoms with Crippen LogP contribution in [-0.4, -0.2) is 25.8 Å². The predicted molar refractivity (Wildman–Crippen MR) is 131 cm³/mol. The van der Waals surface area contributed by atoms with Gasteiger partial charge in [-0.3, -0.25) is 9.89 Å². The number of aromatic nitrogens is 3. The second-order valence-electron chi connectivity index (χ2n) is 8.25. The number of H-pyrrole nitrogens is 1. The summed E-state index contributed by atoms with van der Waals surface area (Å²) < 4.78 is 1.43. The highest BCUT2D eigenvalue weighted by molar-refractivity contribution is 7.12. The molecule has 5 rings (SSSR count). The summed E-state index contributed by atoms with van der Waals surface area (Å²) in [5, 5.41) is 23.6. The Bertz CT molecular complexity index is 1400. The molecule has 0 spiro atoms. The number of hydrogen-bond acceptors (Lipinski definition) is 6. The van der Waals surface area contributed by atoms with Gasteiger partial charge in [0.05, 0.1) is 17.0 Å². The van der Waals surface area contributed by atoms with Crippen molar-refractivity contribution in [3.05, 3.63) is 81.6 Å². The molecular formula is C25H23N5O3S. The van der Waals surface area contributed by atoms with Crippen LogP contribution in [0.15, 0.2) is 75.0 Å². The van der Waals surface area contributed by atoms with Crippen molar-refractivity contribution in [2.75, 3.05) is 0 Å². The first-order chi connectivity index (χ1) is 16.6. The fraction of sp³-hybridized carbons (Fsp3) is 0.240. The van der Waals surface area contributed by atoms with Crippen molar-refractivity contribution in [1.29, 1.82) is 0 Å². The van der Waals surface area contributed by atoms with Crippen LogP contribution in [0.5, 0.6) is 0 Å². The zero-order chi connectivity index (χ0) is 23.5. The number of carboxylic acids is 1. The number of thiazole rings is 1. The maximum atomic E-state index is 13.4. The molecule has 172 valence electrons. The Morgan fingerprint density at radius 3 is 2.53 bits per heavy atom. The van der Waals surface area contributed by atoms with Crippen LogP contribution in [0.4, 0.5) is 11.4 Å². The van der Waals surface area contributed by atoms with E-state index in [1.165, 1.54) is 28.5 Å². The molecule has 0 radical (unpaired) electrons. The summed E-state index contributed by atoms with van der Waals surface area (Å²) in [5.41, 5.74) is 2.61. The van der Waals surface area contributed by atoms with Crippen LogP contribution in [-0.2, 0) is 0 Å². The molecule has 0 bridgehead atoms. The third-order valence-corrected chi connectivity index (χ3v) is 6.88. The van der Waals surface area contributed by atoms with Crippen LogP contribution in [0.3, 0.4) is 0 Å². The summed E-state index contributed by atoms with van der Waals surface area (Å²) in [7, 11) is 0. The van der Waals surface area contributed by atoms with Crippen LogP contribution in [0.2, 0.25) is 0 Å². The van der Waals surface area contributed by atoms with E-state index in [2.05, 4.69) is 20.3 Å². The van der Waals surface area contributed by atoms with E-state index in [1.807, 2.05) is 35.7 Å². The first kappa shape index (κ1) is 22.0. The summed E-state index contributed by atoms with van der Waals surface area (Å²) >= 11 is 1.37. The van der Waals surface area contributed by atoms with Crippen molar-refractivity contribution in [2.45, 2.75) is 38.0 Å². The highest BCUT2D eigenvalue weighted by Gasteiger charge is 2.26. The number of nitrogens with one attached hydrogen (secondary N) is 1. The third-order valence-electron chi connectivity index (χ3n) is 6.05. The lowest BCUT2D eigenvalue weighted by molar-refractivity contribution is 0.0697. The van der Waals surface area contributed by atoms with Crippen molar-refractivity contribution in [3.8, 4) is 16.4 Å². The fourth-order valence-electron chi connectivity index (χ4n) is 4.31. The van der Waals surface area contributed by atoms with Crippen LogP contribution in [0.25, 0.3) is 16.4 Å². The number of nitrogens with zero attached hydrogens (tertiary/aromatic N) is 4. The van der Waals surface area contributed by atoms with Crippen molar-refractivity contribution < 1.29 is 9.90 Å². The largest absolute Gasteiger partial charge is 0.478 e. The molecule has 4 aromatic rings. The highest BCUT2D eigenvalue weighted by atomic mass is 32.1. The average molecular weight is 474 g/mol. The Morgan fingerprint density at radius 1 is 1.03 bits per heavy atom. The molecule has 2 heterocycles. The van der Waals surface area contributed by atoms with Gasteiger partial charge in [0, 0.05) is 16.9 Å². The molecule has 2 aromatic heterocycles. The van der Waals surface area contributed by atoms with Crippen molar-refractivity contribution in [3.63, 3.8) is 0 Å². The van der Waals surface area contributed by atoms with Crippen LogP contribution < -0.4 is 5.56 Å². The van der Waals surface area contributed by atoms with Crippen molar-refractivity contribution in [1.82, 2.24) is 14.8 Å². The van der Waals surface area contributed by atoms with E-state index in [1.54, 1.807) is 18.2 Å². The predicted octanol–water partition coefficient (Wildman–Crippen LogP) is 6.45. The van der Waals surface area contributed by atoms with E-state index >= 15 is 0 Å². The number of carboxylic acid groups (broad SMARTS) is 1. The molecule has 9 heteroatoms. The number of benzene rings is 2. The first-order valence-electron chi connectivity index (χ1n) is 11.2. The fourth-order valence-corrected chi connectivity index (χ4v) is 5.10. The van der Waals surface area contributed by atoms with E-state index in [0.717, 1.165) is 42.6 Å². The van der Waals surface area contributed by atoms with Crippen LogP contribution >= 0.6 is 11.3 Å². The quantitative estimate of drug-likeness (QED) is 0.313. The normalized spacial score (nSPS) is 14.6. The minimum atomic E-state index is -1.09. The maximum Gasteiger partial charge on any atom is 0.337 e. The smallest absolute Gasteiger partial charge is 0.337 e. The molecule has 8 nitrogen and oxygen atoms in total. The number of carbonyl (C=O) groups is 1. The Morgan fingerprint density at radius 2 is 1.76 bits per heavy atom. The molecule has 1 saturated carbocycles. The summed E-state index contributed by atoms with van der Waals surface area (Å²) in [5.74, 6) is -0.926. The number of azo groups is 1. The Hall–Kier alpha value is -3.85. The Labute approximate surface area is 199 Å². The lowest BCUT2D eigenvalue weighted by atomic mass is 9.86. The van der Waals surface area contributed by atoms with Gasteiger partial charge in [-0.15, -0.1) is 21.6 Å². The molecule has 0 saturated heterocycles. The minimum absolute atomic E-state index is 0.0359. The summed E-state index contributed by atoms with van der Waals surface area (Å²) in [6.45, 7) is 0. The Balaban J connectivity index is 1.57. The first-order valence-corrected chi connectivity index (χ1v) is 12.1. The van der Waals surface area contributed by atoms with Gasteiger partial charge < -0.3 is 5.11 Å². The minimum Gasteiger partial charge on any atom is -0.478 e. The second-order valence-corrected chi connectivity index (χ2v) is 9.09. The Kier molecular flexibility index (Phi) is 6.18. The number of aromatic amines is 1. The van der Waals surface area contributed by atoms with E-state index in [4.69, 9.17) is 0 Å². The van der Waals surface area contributed by atoms with E-state index < -0.39 is 5.97 Å². The zero-order valence-corrected chi connectivity index (χ0v) is 19.2. The zero-order valence-electron chi connectivity index (χ0n) is 18.3. The maximum absolute atomic E-state index is 13.4. The van der Waals surface area contributed by atoms with Gasteiger partial charge in [0.2, 0.25) is 5.13 Å². The van der Waals surface area contributed by atoms with Crippen molar-refractivity contribution in [2.24, 2.45) is 10.2 Å². The van der Waals surface area contributed by atoms with Crippen LogP contribution in [0.1, 0.15) is 54.1 Å². The standard InChI is InChI=1S/C25H23N5O3S/c31-23-22(28-27-19-14-8-7-13-18(19)24(32)33)21(17-11-5-2-6-12-17)29-30(23)25-26-20(15-34-25)16-9-3-1-4-10-16/h1,3-4,7-10,13-15,17,29H,2,5-6,11-12H2,(H,32,33). The number of rotatable bonds is 6. The van der Waals surface area contributed by atoms with Gasteiger partial charge in [0.15, 0.2) is 5.69 Å². The molecule has 0 atom stereocenters. The van der Waals surface area contributed by atoms with Gasteiger partial charge in [-0.2, -0.15) is 4.68 Å². The molecule has 2 N–H and O–H groups in total. The lowest BCUT2D eigenvalue weighted by Crippen LogP contribution is -2.13. The molecular weight excluding hydrogens is 450 g/mol. The molecule has 1 aliphatic rings.